The first kappa shape index (κ1) is 14.9. The fourth-order valence-corrected chi connectivity index (χ4v) is 3.57. The van der Waals surface area contributed by atoms with Crippen molar-refractivity contribution in [3.8, 4) is 5.75 Å². The minimum atomic E-state index is -0.0519. The van der Waals surface area contributed by atoms with Gasteiger partial charge in [-0.2, -0.15) is 0 Å². The highest BCUT2D eigenvalue weighted by molar-refractivity contribution is 5.37. The molecular formula is C18H28N2O. The number of benzene rings is 1. The van der Waals surface area contributed by atoms with Crippen molar-refractivity contribution in [2.45, 2.75) is 58.2 Å². The van der Waals surface area contributed by atoms with Crippen molar-refractivity contribution in [1.82, 2.24) is 10.2 Å². The molecule has 3 heteroatoms. The number of hydrogen-bond acceptors (Lipinski definition) is 3. The Bertz CT molecular complexity index is 500. The van der Waals surface area contributed by atoms with E-state index in [9.17, 15) is 0 Å². The van der Waals surface area contributed by atoms with Crippen LogP contribution in [0.25, 0.3) is 0 Å². The van der Waals surface area contributed by atoms with E-state index in [-0.39, 0.29) is 5.60 Å². The van der Waals surface area contributed by atoms with E-state index in [2.05, 4.69) is 49.2 Å². The van der Waals surface area contributed by atoms with Crippen molar-refractivity contribution < 1.29 is 4.74 Å². The third-order valence-corrected chi connectivity index (χ3v) is 4.85. The Morgan fingerprint density at radius 2 is 2.14 bits per heavy atom. The third kappa shape index (κ3) is 3.41. The highest BCUT2D eigenvalue weighted by Gasteiger charge is 2.34. The van der Waals surface area contributed by atoms with E-state index in [0.717, 1.165) is 38.2 Å². The second-order valence-electron chi connectivity index (χ2n) is 7.08. The Morgan fingerprint density at radius 3 is 2.95 bits per heavy atom. The van der Waals surface area contributed by atoms with Crippen LogP contribution in [0.1, 0.15) is 44.7 Å². The van der Waals surface area contributed by atoms with Gasteiger partial charge in [0.2, 0.25) is 0 Å². The lowest BCUT2D eigenvalue weighted by Crippen LogP contribution is -2.51. The predicted octanol–water partition coefficient (Wildman–Crippen LogP) is 2.97. The van der Waals surface area contributed by atoms with Crippen molar-refractivity contribution in [2.75, 3.05) is 19.6 Å². The van der Waals surface area contributed by atoms with Gasteiger partial charge >= 0.3 is 0 Å². The van der Waals surface area contributed by atoms with Crippen molar-refractivity contribution in [3.63, 3.8) is 0 Å². The summed E-state index contributed by atoms with van der Waals surface area (Å²) in [7, 11) is 0. The second kappa shape index (κ2) is 5.98. The molecule has 116 valence electrons. The van der Waals surface area contributed by atoms with Crippen molar-refractivity contribution in [3.05, 3.63) is 29.3 Å². The Labute approximate surface area is 128 Å². The molecule has 0 aliphatic carbocycles. The van der Waals surface area contributed by atoms with Crippen LogP contribution in [-0.4, -0.2) is 36.2 Å². The number of nitrogens with one attached hydrogen (secondary N) is 1. The van der Waals surface area contributed by atoms with Gasteiger partial charge in [-0.3, -0.25) is 4.90 Å². The lowest BCUT2D eigenvalue weighted by Gasteiger charge is -2.42. The molecule has 0 amide bonds. The molecule has 1 aromatic rings. The molecule has 1 N–H and O–H groups in total. The fraction of sp³-hybridized carbons (Fsp3) is 0.667. The van der Waals surface area contributed by atoms with Gasteiger partial charge in [-0.15, -0.1) is 0 Å². The summed E-state index contributed by atoms with van der Waals surface area (Å²) in [6, 6.07) is 7.23. The summed E-state index contributed by atoms with van der Waals surface area (Å²) in [4.78, 5) is 2.53. The topological polar surface area (TPSA) is 24.5 Å². The first-order valence-electron chi connectivity index (χ1n) is 8.31. The van der Waals surface area contributed by atoms with E-state index >= 15 is 0 Å². The van der Waals surface area contributed by atoms with Crippen LogP contribution in [-0.2, 0) is 13.0 Å². The molecule has 0 radical (unpaired) electrons. The normalized spacial score (nSPS) is 26.7. The molecule has 2 heterocycles. The molecule has 1 unspecified atom stereocenters. The molecule has 1 atom stereocenters. The van der Waals surface area contributed by atoms with Crippen LogP contribution in [0.2, 0.25) is 0 Å². The molecule has 1 fully saturated rings. The first-order chi connectivity index (χ1) is 10.1. The summed E-state index contributed by atoms with van der Waals surface area (Å²) in [5.41, 5.74) is 2.82. The monoisotopic (exact) mass is 288 g/mol. The predicted molar refractivity (Wildman–Crippen MR) is 86.8 cm³/mol. The quantitative estimate of drug-likeness (QED) is 0.925. The smallest absolute Gasteiger partial charge is 0.120 e. The highest BCUT2D eigenvalue weighted by atomic mass is 16.5. The highest BCUT2D eigenvalue weighted by Crippen LogP contribution is 2.30. The van der Waals surface area contributed by atoms with E-state index < -0.39 is 0 Å². The lowest BCUT2D eigenvalue weighted by molar-refractivity contribution is -0.00534. The molecular weight excluding hydrogens is 260 g/mol. The number of nitrogens with zero attached hydrogens (tertiary/aromatic N) is 1. The SMILES string of the molecule is CC(C)N1CCCC(C)(Oc2ccc3c(c2)CCNC3)C1. The molecule has 0 spiro atoms. The lowest BCUT2D eigenvalue weighted by atomic mass is 9.93. The first-order valence-corrected chi connectivity index (χ1v) is 8.31. The van der Waals surface area contributed by atoms with Crippen LogP contribution in [0, 0.1) is 0 Å². The molecule has 1 saturated heterocycles. The Hall–Kier alpha value is -1.06. The van der Waals surface area contributed by atoms with Crippen LogP contribution in [0.5, 0.6) is 5.75 Å². The molecule has 1 aromatic carbocycles. The van der Waals surface area contributed by atoms with Gasteiger partial charge in [-0.1, -0.05) is 6.07 Å². The minimum absolute atomic E-state index is 0.0519. The number of ether oxygens (including phenoxy) is 1. The van der Waals surface area contributed by atoms with Crippen LogP contribution in [0.4, 0.5) is 0 Å². The van der Waals surface area contributed by atoms with E-state index in [1.807, 2.05) is 0 Å². The van der Waals surface area contributed by atoms with Gasteiger partial charge in [0, 0.05) is 19.1 Å². The van der Waals surface area contributed by atoms with Crippen LogP contribution >= 0.6 is 0 Å². The van der Waals surface area contributed by atoms with Crippen molar-refractivity contribution in [1.29, 1.82) is 0 Å². The molecule has 3 nitrogen and oxygen atoms in total. The van der Waals surface area contributed by atoms with E-state index in [0.29, 0.717) is 6.04 Å². The summed E-state index contributed by atoms with van der Waals surface area (Å²) in [6.45, 7) is 11.1. The Kier molecular flexibility index (Phi) is 4.23. The maximum Gasteiger partial charge on any atom is 0.120 e. The van der Waals surface area contributed by atoms with E-state index in [4.69, 9.17) is 4.74 Å². The number of likely N-dealkylation sites (tertiary alicyclic amines) is 1. The number of fused-ring (bicyclic) bond motifs is 1. The zero-order valence-corrected chi connectivity index (χ0v) is 13.6. The summed E-state index contributed by atoms with van der Waals surface area (Å²) < 4.78 is 6.43. The van der Waals surface area contributed by atoms with Crippen LogP contribution < -0.4 is 10.1 Å². The Morgan fingerprint density at radius 1 is 1.29 bits per heavy atom. The molecule has 0 saturated carbocycles. The molecule has 2 aliphatic rings. The molecule has 0 bridgehead atoms. The standard InChI is InChI=1S/C18H28N2O/c1-14(2)20-10-4-8-18(3,13-20)21-17-6-5-16-12-19-9-7-15(16)11-17/h5-6,11,14,19H,4,7-10,12-13H2,1-3H3. The largest absolute Gasteiger partial charge is 0.486 e. The zero-order valence-electron chi connectivity index (χ0n) is 13.6. The fourth-order valence-electron chi connectivity index (χ4n) is 3.57. The van der Waals surface area contributed by atoms with E-state index in [1.165, 1.54) is 24.1 Å². The van der Waals surface area contributed by atoms with Gasteiger partial charge in [0.1, 0.15) is 11.4 Å². The molecule has 21 heavy (non-hydrogen) atoms. The maximum absolute atomic E-state index is 6.43. The number of rotatable bonds is 3. The average molecular weight is 288 g/mol. The summed E-state index contributed by atoms with van der Waals surface area (Å²) >= 11 is 0. The average Bonchev–Trinajstić information content (AvgIpc) is 2.46. The molecule has 3 rings (SSSR count). The number of piperidine rings is 1. The van der Waals surface area contributed by atoms with Gasteiger partial charge in [-0.05, 0) is 76.4 Å². The second-order valence-corrected chi connectivity index (χ2v) is 7.08. The van der Waals surface area contributed by atoms with Gasteiger partial charge in [0.05, 0.1) is 0 Å². The Balaban J connectivity index is 1.73. The number of hydrogen-bond donors (Lipinski definition) is 1. The zero-order chi connectivity index (χ0) is 14.9. The molecule has 0 aromatic heterocycles. The van der Waals surface area contributed by atoms with E-state index in [1.54, 1.807) is 0 Å². The van der Waals surface area contributed by atoms with Crippen molar-refractivity contribution in [2.24, 2.45) is 0 Å². The summed E-state index contributed by atoms with van der Waals surface area (Å²) in [5.74, 6) is 1.05. The third-order valence-electron chi connectivity index (χ3n) is 4.85. The summed E-state index contributed by atoms with van der Waals surface area (Å²) in [6.07, 6.45) is 3.49. The van der Waals surface area contributed by atoms with Gasteiger partial charge in [0.25, 0.3) is 0 Å². The van der Waals surface area contributed by atoms with Crippen molar-refractivity contribution >= 4 is 0 Å². The van der Waals surface area contributed by atoms with Crippen LogP contribution in [0.3, 0.4) is 0 Å². The minimum Gasteiger partial charge on any atom is -0.486 e. The van der Waals surface area contributed by atoms with Gasteiger partial charge in [-0.25, -0.2) is 0 Å². The molecule has 2 aliphatic heterocycles. The van der Waals surface area contributed by atoms with Gasteiger partial charge < -0.3 is 10.1 Å². The van der Waals surface area contributed by atoms with Gasteiger partial charge in [0.15, 0.2) is 0 Å². The maximum atomic E-state index is 6.43. The summed E-state index contributed by atoms with van der Waals surface area (Å²) in [5, 5.41) is 3.42. The van der Waals surface area contributed by atoms with Crippen LogP contribution in [0.15, 0.2) is 18.2 Å².